The van der Waals surface area contributed by atoms with Crippen LogP contribution in [0.4, 0.5) is 0 Å². The van der Waals surface area contributed by atoms with E-state index in [-0.39, 0.29) is 24.8 Å². The van der Waals surface area contributed by atoms with Gasteiger partial charge < -0.3 is 9.84 Å². The minimum atomic E-state index is -0.511. The Morgan fingerprint density at radius 2 is 2.17 bits per heavy atom. The van der Waals surface area contributed by atoms with Crippen LogP contribution in [0.2, 0.25) is 0 Å². The Morgan fingerprint density at radius 1 is 1.46 bits per heavy atom. The number of aliphatic hydroxyl groups is 1. The smallest absolute Gasteiger partial charge is 0.266 e. The number of carbonyl (C=O) groups is 2. The summed E-state index contributed by atoms with van der Waals surface area (Å²) in [6.07, 6.45) is 1.77. The predicted molar refractivity (Wildman–Crippen MR) is 98.8 cm³/mol. The number of thiocarbonyl (C=S) groups is 1. The molecule has 2 rings (SSSR count). The first-order valence-corrected chi connectivity index (χ1v) is 8.82. The van der Waals surface area contributed by atoms with Gasteiger partial charge in [0.15, 0.2) is 11.9 Å². The number of rotatable bonds is 7. The standard InChI is InChI=1S/C17H19NO4S2/c1-3-13(11(2)20)22-14-7-5-4-6-12(14)10-15-16(21)18(8-9-19)17(23)24-15/h4-7,10,13,19H,3,8-9H2,1-2H3/b15-10-. The van der Waals surface area contributed by atoms with E-state index in [0.29, 0.717) is 27.0 Å². The van der Waals surface area contributed by atoms with Crippen molar-refractivity contribution in [3.05, 3.63) is 34.7 Å². The third-order valence-electron chi connectivity index (χ3n) is 3.50. The molecule has 5 nitrogen and oxygen atoms in total. The van der Waals surface area contributed by atoms with Crippen molar-refractivity contribution in [1.29, 1.82) is 0 Å². The normalized spacial score (nSPS) is 17.5. The van der Waals surface area contributed by atoms with E-state index in [1.165, 1.54) is 23.6 Å². The lowest BCUT2D eigenvalue weighted by Crippen LogP contribution is -2.30. The van der Waals surface area contributed by atoms with Gasteiger partial charge >= 0.3 is 0 Å². The molecule has 24 heavy (non-hydrogen) atoms. The summed E-state index contributed by atoms with van der Waals surface area (Å²) in [6.45, 7) is 3.42. The molecule has 128 valence electrons. The summed E-state index contributed by atoms with van der Waals surface area (Å²) in [5.74, 6) is 0.279. The molecule has 0 saturated carbocycles. The van der Waals surface area contributed by atoms with E-state index in [1.54, 1.807) is 12.1 Å². The molecule has 0 aliphatic carbocycles. The van der Waals surface area contributed by atoms with Gasteiger partial charge in [-0.2, -0.15) is 0 Å². The first kappa shape index (κ1) is 18.6. The summed E-state index contributed by atoms with van der Waals surface area (Å²) in [7, 11) is 0. The van der Waals surface area contributed by atoms with Crippen molar-refractivity contribution >= 4 is 46.1 Å². The number of hydrogen-bond donors (Lipinski definition) is 1. The van der Waals surface area contributed by atoms with Gasteiger partial charge in [0.25, 0.3) is 5.91 Å². The average molecular weight is 365 g/mol. The van der Waals surface area contributed by atoms with Crippen molar-refractivity contribution in [2.24, 2.45) is 0 Å². The molecule has 1 amide bonds. The Bertz CT molecular complexity index is 687. The number of Topliss-reactive ketones (excluding diaryl/α,β-unsaturated/α-hetero) is 1. The van der Waals surface area contributed by atoms with Crippen LogP contribution in [0.15, 0.2) is 29.2 Å². The Hall–Kier alpha value is -1.70. The van der Waals surface area contributed by atoms with Crippen molar-refractivity contribution in [1.82, 2.24) is 4.90 Å². The first-order chi connectivity index (χ1) is 11.5. The highest BCUT2D eigenvalue weighted by atomic mass is 32.2. The predicted octanol–water partition coefficient (Wildman–Crippen LogP) is 2.63. The third kappa shape index (κ3) is 4.23. The Kier molecular flexibility index (Phi) is 6.53. The van der Waals surface area contributed by atoms with Crippen LogP contribution in [0.1, 0.15) is 25.8 Å². The van der Waals surface area contributed by atoms with Crippen LogP contribution in [0.3, 0.4) is 0 Å². The van der Waals surface area contributed by atoms with E-state index in [2.05, 4.69) is 0 Å². The summed E-state index contributed by atoms with van der Waals surface area (Å²) in [5, 5.41) is 9.03. The van der Waals surface area contributed by atoms with Gasteiger partial charge in [-0.1, -0.05) is 49.1 Å². The van der Waals surface area contributed by atoms with E-state index >= 15 is 0 Å². The molecule has 1 heterocycles. The zero-order chi connectivity index (χ0) is 17.7. The van der Waals surface area contributed by atoms with Crippen LogP contribution in [-0.2, 0) is 9.59 Å². The molecule has 1 fully saturated rings. The molecule has 0 radical (unpaired) electrons. The molecule has 7 heteroatoms. The maximum absolute atomic E-state index is 12.4. The van der Waals surface area contributed by atoms with Crippen molar-refractivity contribution < 1.29 is 19.4 Å². The fourth-order valence-corrected chi connectivity index (χ4v) is 3.55. The van der Waals surface area contributed by atoms with Gasteiger partial charge in [-0.05, 0) is 25.5 Å². The molecule has 1 atom stereocenters. The molecule has 1 N–H and O–H groups in total. The van der Waals surface area contributed by atoms with E-state index in [4.69, 9.17) is 22.1 Å². The van der Waals surface area contributed by atoms with Gasteiger partial charge in [-0.15, -0.1) is 0 Å². The number of thioether (sulfide) groups is 1. The lowest BCUT2D eigenvalue weighted by Gasteiger charge is -2.16. The van der Waals surface area contributed by atoms with Gasteiger partial charge in [-0.3, -0.25) is 14.5 Å². The summed E-state index contributed by atoms with van der Waals surface area (Å²) >= 11 is 6.36. The minimum absolute atomic E-state index is 0.0402. The number of para-hydroxylation sites is 1. The quantitative estimate of drug-likeness (QED) is 0.592. The van der Waals surface area contributed by atoms with Crippen LogP contribution in [0, 0.1) is 0 Å². The topological polar surface area (TPSA) is 66.8 Å². The van der Waals surface area contributed by atoms with Crippen LogP contribution in [0.25, 0.3) is 6.08 Å². The van der Waals surface area contributed by atoms with E-state index < -0.39 is 6.10 Å². The Morgan fingerprint density at radius 3 is 2.79 bits per heavy atom. The SMILES string of the molecule is CCC(Oc1ccccc1/C=C1\SC(=S)N(CCO)C1=O)C(C)=O. The third-order valence-corrected chi connectivity index (χ3v) is 4.87. The van der Waals surface area contributed by atoms with Gasteiger partial charge in [0.2, 0.25) is 0 Å². The van der Waals surface area contributed by atoms with Gasteiger partial charge in [0.05, 0.1) is 18.1 Å². The summed E-state index contributed by atoms with van der Waals surface area (Å²) in [5.41, 5.74) is 0.710. The highest BCUT2D eigenvalue weighted by molar-refractivity contribution is 8.26. The second kappa shape index (κ2) is 8.41. The van der Waals surface area contributed by atoms with Crippen LogP contribution in [0.5, 0.6) is 5.75 Å². The number of β-amino-alcohol motifs (C(OH)–C–C–N with tert-alkyl or cyclic N) is 1. The fraction of sp³-hybridized carbons (Fsp3) is 0.353. The van der Waals surface area contributed by atoms with E-state index in [0.717, 1.165) is 0 Å². The number of ketones is 1. The van der Waals surface area contributed by atoms with Crippen molar-refractivity contribution in [3.63, 3.8) is 0 Å². The summed E-state index contributed by atoms with van der Waals surface area (Å²) in [4.78, 5) is 25.8. The molecule has 0 spiro atoms. The largest absolute Gasteiger partial charge is 0.482 e. The van der Waals surface area contributed by atoms with Gasteiger partial charge in [0.1, 0.15) is 10.1 Å². The number of nitrogens with zero attached hydrogens (tertiary/aromatic N) is 1. The number of benzene rings is 1. The molecule has 0 aromatic heterocycles. The molecule has 1 aliphatic rings. The number of hydrogen-bond acceptors (Lipinski definition) is 6. The monoisotopic (exact) mass is 365 g/mol. The molecule has 1 aromatic rings. The lowest BCUT2D eigenvalue weighted by molar-refractivity contribution is -0.124. The molecule has 1 unspecified atom stereocenters. The molecular weight excluding hydrogens is 346 g/mol. The summed E-state index contributed by atoms with van der Waals surface area (Å²) in [6, 6.07) is 7.24. The highest BCUT2D eigenvalue weighted by Crippen LogP contribution is 2.34. The van der Waals surface area contributed by atoms with E-state index in [1.807, 2.05) is 25.1 Å². The molecule has 1 aliphatic heterocycles. The average Bonchev–Trinajstić information content (AvgIpc) is 2.81. The lowest BCUT2D eigenvalue weighted by atomic mass is 10.1. The van der Waals surface area contributed by atoms with Crippen LogP contribution in [-0.4, -0.2) is 45.3 Å². The molecule has 1 saturated heterocycles. The molecular formula is C17H19NO4S2. The van der Waals surface area contributed by atoms with Crippen LogP contribution < -0.4 is 4.74 Å². The zero-order valence-corrected chi connectivity index (χ0v) is 15.2. The van der Waals surface area contributed by atoms with Gasteiger partial charge in [0, 0.05) is 5.56 Å². The molecule has 1 aromatic carbocycles. The highest BCUT2D eigenvalue weighted by Gasteiger charge is 2.31. The second-order valence-electron chi connectivity index (χ2n) is 5.22. The number of aliphatic hydroxyl groups excluding tert-OH is 1. The maximum atomic E-state index is 12.4. The summed E-state index contributed by atoms with van der Waals surface area (Å²) < 4.78 is 6.23. The Labute approximate surface area is 150 Å². The van der Waals surface area contributed by atoms with Gasteiger partial charge in [-0.25, -0.2) is 0 Å². The van der Waals surface area contributed by atoms with Crippen LogP contribution >= 0.6 is 24.0 Å². The minimum Gasteiger partial charge on any atom is -0.482 e. The van der Waals surface area contributed by atoms with E-state index in [9.17, 15) is 9.59 Å². The number of ether oxygens (including phenoxy) is 1. The Balaban J connectivity index is 2.29. The number of amides is 1. The van der Waals surface area contributed by atoms with Crippen molar-refractivity contribution in [3.8, 4) is 5.75 Å². The fourth-order valence-electron chi connectivity index (χ4n) is 2.25. The zero-order valence-electron chi connectivity index (χ0n) is 13.5. The number of carbonyl (C=O) groups excluding carboxylic acids is 2. The van der Waals surface area contributed by atoms with Crippen molar-refractivity contribution in [2.75, 3.05) is 13.2 Å². The molecule has 0 bridgehead atoms. The second-order valence-corrected chi connectivity index (χ2v) is 6.90. The maximum Gasteiger partial charge on any atom is 0.266 e. The first-order valence-electron chi connectivity index (χ1n) is 7.60. The van der Waals surface area contributed by atoms with Crippen molar-refractivity contribution in [2.45, 2.75) is 26.4 Å².